The summed E-state index contributed by atoms with van der Waals surface area (Å²) in [6, 6.07) is 11.2. The summed E-state index contributed by atoms with van der Waals surface area (Å²) in [4.78, 5) is 15.3. The van der Waals surface area contributed by atoms with Crippen LogP contribution in [0.3, 0.4) is 0 Å². The first-order valence-electron chi connectivity index (χ1n) is 6.32. The van der Waals surface area contributed by atoms with Crippen molar-refractivity contribution in [1.82, 2.24) is 4.98 Å². The van der Waals surface area contributed by atoms with Crippen molar-refractivity contribution >= 4 is 5.78 Å². The molecule has 1 heterocycles. The van der Waals surface area contributed by atoms with Crippen LogP contribution >= 0.6 is 0 Å². The number of Topliss-reactive ketones (excluding diaryl/α,β-unsaturated/α-hetero) is 1. The SMILES string of the molecule is CC.COc1ccc(-c2ccc(C(C)=O)cc2)cn1. The van der Waals surface area contributed by atoms with Crippen molar-refractivity contribution in [3.8, 4) is 17.0 Å². The van der Waals surface area contributed by atoms with Gasteiger partial charge in [-0.3, -0.25) is 4.79 Å². The van der Waals surface area contributed by atoms with E-state index in [2.05, 4.69) is 4.98 Å². The molecule has 0 aliphatic carbocycles. The maximum absolute atomic E-state index is 11.1. The summed E-state index contributed by atoms with van der Waals surface area (Å²) in [5.41, 5.74) is 2.75. The Morgan fingerprint density at radius 3 is 2.00 bits per heavy atom. The predicted molar refractivity (Wildman–Crippen MR) is 77.6 cm³/mol. The van der Waals surface area contributed by atoms with E-state index in [1.54, 1.807) is 20.2 Å². The first-order chi connectivity index (χ1) is 9.20. The normalized spacial score (nSPS) is 9.26. The Labute approximate surface area is 114 Å². The first kappa shape index (κ1) is 14.9. The van der Waals surface area contributed by atoms with Gasteiger partial charge in [0.2, 0.25) is 5.88 Å². The van der Waals surface area contributed by atoms with Crippen LogP contribution in [0, 0.1) is 0 Å². The first-order valence-corrected chi connectivity index (χ1v) is 6.32. The highest BCUT2D eigenvalue weighted by Gasteiger charge is 2.01. The number of ether oxygens (including phenoxy) is 1. The van der Waals surface area contributed by atoms with Gasteiger partial charge in [-0.1, -0.05) is 38.1 Å². The third-order valence-electron chi connectivity index (χ3n) is 2.57. The highest BCUT2D eigenvalue weighted by atomic mass is 16.5. The zero-order chi connectivity index (χ0) is 14.3. The smallest absolute Gasteiger partial charge is 0.212 e. The molecule has 2 rings (SSSR count). The molecule has 0 amide bonds. The number of hydrogen-bond donors (Lipinski definition) is 0. The molecule has 0 atom stereocenters. The van der Waals surface area contributed by atoms with E-state index in [4.69, 9.17) is 4.74 Å². The van der Waals surface area contributed by atoms with Crippen molar-refractivity contribution in [2.45, 2.75) is 20.8 Å². The van der Waals surface area contributed by atoms with Crippen molar-refractivity contribution in [3.05, 3.63) is 48.2 Å². The van der Waals surface area contributed by atoms with Crippen LogP contribution in [0.2, 0.25) is 0 Å². The molecule has 0 aliphatic rings. The number of pyridine rings is 1. The van der Waals surface area contributed by atoms with Gasteiger partial charge in [-0.05, 0) is 18.6 Å². The lowest BCUT2D eigenvalue weighted by Gasteiger charge is -2.03. The number of methoxy groups -OCH3 is 1. The number of nitrogens with zero attached hydrogens (tertiary/aromatic N) is 1. The Bertz CT molecular complexity index is 515. The van der Waals surface area contributed by atoms with Gasteiger partial charge in [0.1, 0.15) is 0 Å². The molecule has 1 aromatic heterocycles. The summed E-state index contributed by atoms with van der Waals surface area (Å²) >= 11 is 0. The number of hydrogen-bond acceptors (Lipinski definition) is 3. The lowest BCUT2D eigenvalue weighted by Crippen LogP contribution is -1.91. The molecule has 1 aromatic carbocycles. The lowest BCUT2D eigenvalue weighted by molar-refractivity contribution is 0.101. The van der Waals surface area contributed by atoms with Crippen molar-refractivity contribution in [2.75, 3.05) is 7.11 Å². The average molecular weight is 257 g/mol. The molecule has 0 saturated carbocycles. The summed E-state index contributed by atoms with van der Waals surface area (Å²) < 4.78 is 5.00. The van der Waals surface area contributed by atoms with Crippen LogP contribution in [0.15, 0.2) is 42.6 Å². The molecule has 0 saturated heterocycles. The van der Waals surface area contributed by atoms with Crippen LogP contribution in [0.5, 0.6) is 5.88 Å². The van der Waals surface area contributed by atoms with E-state index in [0.29, 0.717) is 5.88 Å². The molecule has 0 N–H and O–H groups in total. The van der Waals surface area contributed by atoms with Crippen LogP contribution in [0.1, 0.15) is 31.1 Å². The maximum atomic E-state index is 11.1. The van der Waals surface area contributed by atoms with Crippen LogP contribution in [0.4, 0.5) is 0 Å². The summed E-state index contributed by atoms with van der Waals surface area (Å²) in [5.74, 6) is 0.665. The van der Waals surface area contributed by atoms with E-state index in [9.17, 15) is 4.79 Å². The van der Waals surface area contributed by atoms with Gasteiger partial charge >= 0.3 is 0 Å². The molecular formula is C16H19NO2. The van der Waals surface area contributed by atoms with Gasteiger partial charge in [-0.25, -0.2) is 4.98 Å². The van der Waals surface area contributed by atoms with Gasteiger partial charge < -0.3 is 4.74 Å². The minimum atomic E-state index is 0.0735. The molecule has 2 aromatic rings. The number of carbonyl (C=O) groups excluding carboxylic acids is 1. The number of carbonyl (C=O) groups is 1. The van der Waals surface area contributed by atoms with E-state index < -0.39 is 0 Å². The zero-order valence-corrected chi connectivity index (χ0v) is 11.8. The molecule has 0 spiro atoms. The van der Waals surface area contributed by atoms with Gasteiger partial charge in [-0.2, -0.15) is 0 Å². The molecule has 3 heteroatoms. The highest BCUT2D eigenvalue weighted by molar-refractivity contribution is 5.94. The summed E-state index contributed by atoms with van der Waals surface area (Å²) in [6.07, 6.45) is 1.75. The fourth-order valence-electron chi connectivity index (χ4n) is 1.57. The predicted octanol–water partition coefficient (Wildman–Crippen LogP) is 3.99. The monoisotopic (exact) mass is 257 g/mol. The maximum Gasteiger partial charge on any atom is 0.212 e. The van der Waals surface area contributed by atoms with Crippen molar-refractivity contribution in [2.24, 2.45) is 0 Å². The van der Waals surface area contributed by atoms with E-state index in [0.717, 1.165) is 16.7 Å². The molecular weight excluding hydrogens is 238 g/mol. The molecule has 0 fully saturated rings. The number of rotatable bonds is 3. The third kappa shape index (κ3) is 3.91. The topological polar surface area (TPSA) is 39.2 Å². The second kappa shape index (κ2) is 7.31. The fourth-order valence-corrected chi connectivity index (χ4v) is 1.57. The third-order valence-corrected chi connectivity index (χ3v) is 2.57. The second-order valence-electron chi connectivity index (χ2n) is 3.72. The molecule has 100 valence electrons. The van der Waals surface area contributed by atoms with Gasteiger partial charge in [0.25, 0.3) is 0 Å². The Balaban J connectivity index is 0.000000861. The summed E-state index contributed by atoms with van der Waals surface area (Å²) in [6.45, 7) is 5.56. The van der Waals surface area contributed by atoms with Crippen LogP contribution in [-0.2, 0) is 0 Å². The van der Waals surface area contributed by atoms with Crippen LogP contribution in [0.25, 0.3) is 11.1 Å². The van der Waals surface area contributed by atoms with Gasteiger partial charge in [0.05, 0.1) is 7.11 Å². The van der Waals surface area contributed by atoms with Gasteiger partial charge in [-0.15, -0.1) is 0 Å². The Morgan fingerprint density at radius 2 is 1.58 bits per heavy atom. The molecule has 0 radical (unpaired) electrons. The van der Waals surface area contributed by atoms with E-state index in [1.165, 1.54) is 0 Å². The van der Waals surface area contributed by atoms with Crippen LogP contribution < -0.4 is 4.74 Å². The minimum absolute atomic E-state index is 0.0735. The lowest BCUT2D eigenvalue weighted by atomic mass is 10.0. The minimum Gasteiger partial charge on any atom is -0.481 e. The number of ketones is 1. The highest BCUT2D eigenvalue weighted by Crippen LogP contribution is 2.20. The largest absolute Gasteiger partial charge is 0.481 e. The van der Waals surface area contributed by atoms with Gasteiger partial charge in [0, 0.05) is 23.4 Å². The molecule has 0 unspecified atom stereocenters. The summed E-state index contributed by atoms with van der Waals surface area (Å²) in [7, 11) is 1.59. The Morgan fingerprint density at radius 1 is 1.00 bits per heavy atom. The van der Waals surface area contributed by atoms with E-state index in [-0.39, 0.29) is 5.78 Å². The quantitative estimate of drug-likeness (QED) is 0.780. The Kier molecular flexibility index (Phi) is 5.73. The molecule has 3 nitrogen and oxygen atoms in total. The molecule has 0 bridgehead atoms. The van der Waals surface area contributed by atoms with E-state index in [1.807, 2.05) is 50.2 Å². The number of aromatic nitrogens is 1. The van der Waals surface area contributed by atoms with E-state index >= 15 is 0 Å². The van der Waals surface area contributed by atoms with Crippen molar-refractivity contribution in [1.29, 1.82) is 0 Å². The average Bonchev–Trinajstić information content (AvgIpc) is 2.49. The summed E-state index contributed by atoms with van der Waals surface area (Å²) in [5, 5.41) is 0. The molecule has 0 aliphatic heterocycles. The second-order valence-corrected chi connectivity index (χ2v) is 3.72. The van der Waals surface area contributed by atoms with Gasteiger partial charge in [0.15, 0.2) is 5.78 Å². The standard InChI is InChI=1S/C14H13NO2.C2H6/c1-10(16)11-3-5-12(6-4-11)13-7-8-14(17-2)15-9-13;1-2/h3-9H,1-2H3;1-2H3. The molecule has 19 heavy (non-hydrogen) atoms. The zero-order valence-electron chi connectivity index (χ0n) is 11.8. The number of benzene rings is 1. The Hall–Kier alpha value is -2.16. The van der Waals surface area contributed by atoms with Crippen molar-refractivity contribution in [3.63, 3.8) is 0 Å². The van der Waals surface area contributed by atoms with Crippen LogP contribution in [-0.4, -0.2) is 17.9 Å². The van der Waals surface area contributed by atoms with Crippen molar-refractivity contribution < 1.29 is 9.53 Å². The fraction of sp³-hybridized carbons (Fsp3) is 0.250.